The van der Waals surface area contributed by atoms with Gasteiger partial charge in [-0.1, -0.05) is 24.3 Å². The minimum absolute atomic E-state index is 0.153. The van der Waals surface area contributed by atoms with E-state index in [0.29, 0.717) is 17.0 Å². The van der Waals surface area contributed by atoms with Crippen molar-refractivity contribution >= 4 is 27.5 Å². The number of rotatable bonds is 4. The van der Waals surface area contributed by atoms with Crippen LogP contribution in [-0.4, -0.2) is 12.5 Å². The number of para-hydroxylation sites is 2. The van der Waals surface area contributed by atoms with E-state index in [4.69, 9.17) is 10.00 Å². The molecule has 0 spiro atoms. The lowest BCUT2D eigenvalue weighted by Gasteiger charge is -2.09. The molecule has 2 aromatic rings. The predicted molar refractivity (Wildman–Crippen MR) is 79.4 cm³/mol. The Kier molecular flexibility index (Phi) is 4.75. The Morgan fingerprint density at radius 3 is 2.65 bits per heavy atom. The molecule has 0 unspecified atom stereocenters. The van der Waals surface area contributed by atoms with Gasteiger partial charge in [0.25, 0.3) is 5.91 Å². The van der Waals surface area contributed by atoms with Crippen molar-refractivity contribution < 1.29 is 9.53 Å². The van der Waals surface area contributed by atoms with Crippen LogP contribution in [0.4, 0.5) is 5.69 Å². The summed E-state index contributed by atoms with van der Waals surface area (Å²) >= 11 is 3.35. The number of halogens is 1. The second kappa shape index (κ2) is 6.73. The molecule has 0 bridgehead atoms. The summed E-state index contributed by atoms with van der Waals surface area (Å²) in [7, 11) is 0. The first-order valence-electron chi connectivity index (χ1n) is 5.87. The summed E-state index contributed by atoms with van der Waals surface area (Å²) in [6.45, 7) is -0.153. The van der Waals surface area contributed by atoms with Gasteiger partial charge in [-0.3, -0.25) is 4.79 Å². The lowest BCUT2D eigenvalue weighted by molar-refractivity contribution is -0.118. The molecule has 2 aromatic carbocycles. The molecular formula is C15H11BrN2O2. The molecule has 0 aromatic heterocycles. The number of benzene rings is 2. The van der Waals surface area contributed by atoms with Gasteiger partial charge < -0.3 is 10.1 Å². The molecule has 0 aliphatic heterocycles. The van der Waals surface area contributed by atoms with Crippen LogP contribution in [0.25, 0.3) is 0 Å². The van der Waals surface area contributed by atoms with E-state index >= 15 is 0 Å². The van der Waals surface area contributed by atoms with Crippen LogP contribution in [0.1, 0.15) is 5.56 Å². The van der Waals surface area contributed by atoms with Crippen molar-refractivity contribution in [3.8, 4) is 11.8 Å². The largest absolute Gasteiger partial charge is 0.482 e. The van der Waals surface area contributed by atoms with E-state index in [1.54, 1.807) is 30.3 Å². The minimum Gasteiger partial charge on any atom is -0.482 e. The van der Waals surface area contributed by atoms with Gasteiger partial charge in [0, 0.05) is 4.47 Å². The first kappa shape index (κ1) is 14.1. The van der Waals surface area contributed by atoms with Gasteiger partial charge in [-0.2, -0.15) is 5.26 Å². The monoisotopic (exact) mass is 330 g/mol. The lowest BCUT2D eigenvalue weighted by atomic mass is 10.2. The molecule has 4 nitrogen and oxygen atoms in total. The number of anilines is 1. The molecule has 100 valence electrons. The summed E-state index contributed by atoms with van der Waals surface area (Å²) in [5, 5.41) is 11.6. The van der Waals surface area contributed by atoms with Gasteiger partial charge in [-0.25, -0.2) is 0 Å². The molecule has 0 saturated carbocycles. The molecule has 0 heterocycles. The highest BCUT2D eigenvalue weighted by molar-refractivity contribution is 9.10. The number of amides is 1. The highest BCUT2D eigenvalue weighted by atomic mass is 79.9. The number of carbonyl (C=O) groups excluding carboxylic acids is 1. The van der Waals surface area contributed by atoms with Gasteiger partial charge in [0.1, 0.15) is 11.8 Å². The second-order valence-electron chi connectivity index (χ2n) is 3.92. The highest BCUT2D eigenvalue weighted by Gasteiger charge is 2.08. The first-order valence-corrected chi connectivity index (χ1v) is 6.66. The van der Waals surface area contributed by atoms with Crippen molar-refractivity contribution in [1.82, 2.24) is 0 Å². The summed E-state index contributed by atoms with van der Waals surface area (Å²) in [6, 6.07) is 16.1. The van der Waals surface area contributed by atoms with Crippen molar-refractivity contribution in [2.75, 3.05) is 11.9 Å². The van der Waals surface area contributed by atoms with Gasteiger partial charge >= 0.3 is 0 Å². The molecule has 0 aliphatic carbocycles. The lowest BCUT2D eigenvalue weighted by Crippen LogP contribution is -2.20. The number of ether oxygens (including phenoxy) is 1. The third-order valence-electron chi connectivity index (χ3n) is 2.51. The SMILES string of the molecule is N#Cc1ccccc1OCC(=O)Nc1ccccc1Br. The van der Waals surface area contributed by atoms with Crippen LogP contribution in [0.3, 0.4) is 0 Å². The number of hydrogen-bond donors (Lipinski definition) is 1. The van der Waals surface area contributed by atoms with Gasteiger partial charge in [-0.05, 0) is 40.2 Å². The van der Waals surface area contributed by atoms with Crippen LogP contribution in [0.2, 0.25) is 0 Å². The molecule has 0 aliphatic rings. The minimum atomic E-state index is -0.287. The highest BCUT2D eigenvalue weighted by Crippen LogP contribution is 2.21. The van der Waals surface area contributed by atoms with E-state index in [2.05, 4.69) is 21.2 Å². The van der Waals surface area contributed by atoms with Crippen molar-refractivity contribution in [2.24, 2.45) is 0 Å². The quantitative estimate of drug-likeness (QED) is 0.935. The zero-order chi connectivity index (χ0) is 14.4. The number of nitrogens with zero attached hydrogens (tertiary/aromatic N) is 1. The van der Waals surface area contributed by atoms with E-state index in [0.717, 1.165) is 4.47 Å². The maximum absolute atomic E-state index is 11.8. The topological polar surface area (TPSA) is 62.1 Å². The average molecular weight is 331 g/mol. The van der Waals surface area contributed by atoms with Crippen LogP contribution >= 0.6 is 15.9 Å². The normalized spacial score (nSPS) is 9.60. The van der Waals surface area contributed by atoms with Crippen molar-refractivity contribution in [3.63, 3.8) is 0 Å². The van der Waals surface area contributed by atoms with E-state index in [9.17, 15) is 4.79 Å². The van der Waals surface area contributed by atoms with E-state index in [-0.39, 0.29) is 12.5 Å². The summed E-state index contributed by atoms with van der Waals surface area (Å²) in [4.78, 5) is 11.8. The summed E-state index contributed by atoms with van der Waals surface area (Å²) in [5.41, 5.74) is 1.08. The first-order chi connectivity index (χ1) is 9.70. The second-order valence-corrected chi connectivity index (χ2v) is 4.78. The summed E-state index contributed by atoms with van der Waals surface area (Å²) in [6.07, 6.45) is 0. The molecule has 0 saturated heterocycles. The zero-order valence-corrected chi connectivity index (χ0v) is 12.1. The van der Waals surface area contributed by atoms with Crippen LogP contribution in [0.15, 0.2) is 53.0 Å². The molecular weight excluding hydrogens is 320 g/mol. The zero-order valence-electron chi connectivity index (χ0n) is 10.5. The molecule has 0 atom stereocenters. The van der Waals surface area contributed by atoms with Crippen molar-refractivity contribution in [1.29, 1.82) is 5.26 Å². The van der Waals surface area contributed by atoms with Crippen molar-refractivity contribution in [3.05, 3.63) is 58.6 Å². The fourth-order valence-electron chi connectivity index (χ4n) is 1.58. The Morgan fingerprint density at radius 1 is 1.20 bits per heavy atom. The fourth-order valence-corrected chi connectivity index (χ4v) is 1.96. The molecule has 0 fully saturated rings. The van der Waals surface area contributed by atoms with Crippen LogP contribution in [-0.2, 0) is 4.79 Å². The van der Waals surface area contributed by atoms with E-state index < -0.39 is 0 Å². The van der Waals surface area contributed by atoms with Gasteiger partial charge in [-0.15, -0.1) is 0 Å². The number of hydrogen-bond acceptors (Lipinski definition) is 3. The number of nitriles is 1. The van der Waals surface area contributed by atoms with Gasteiger partial charge in [0.15, 0.2) is 6.61 Å². The maximum atomic E-state index is 11.8. The van der Waals surface area contributed by atoms with Crippen molar-refractivity contribution in [2.45, 2.75) is 0 Å². The van der Waals surface area contributed by atoms with E-state index in [1.807, 2.05) is 24.3 Å². The Morgan fingerprint density at radius 2 is 1.90 bits per heavy atom. The Balaban J connectivity index is 1.96. The Hall–Kier alpha value is -2.32. The number of nitrogens with one attached hydrogen (secondary N) is 1. The molecule has 20 heavy (non-hydrogen) atoms. The molecule has 2 rings (SSSR count). The Bertz CT molecular complexity index is 665. The average Bonchev–Trinajstić information content (AvgIpc) is 2.48. The third-order valence-corrected chi connectivity index (χ3v) is 3.21. The van der Waals surface area contributed by atoms with Crippen LogP contribution in [0.5, 0.6) is 5.75 Å². The smallest absolute Gasteiger partial charge is 0.262 e. The molecule has 5 heteroatoms. The summed E-state index contributed by atoms with van der Waals surface area (Å²) in [5.74, 6) is 0.113. The third kappa shape index (κ3) is 3.59. The molecule has 1 amide bonds. The number of carbonyl (C=O) groups is 1. The molecule has 0 radical (unpaired) electrons. The van der Waals surface area contributed by atoms with Gasteiger partial charge in [0.2, 0.25) is 0 Å². The molecule has 1 N–H and O–H groups in total. The fraction of sp³-hybridized carbons (Fsp3) is 0.0667. The van der Waals surface area contributed by atoms with E-state index in [1.165, 1.54) is 0 Å². The predicted octanol–water partition coefficient (Wildman–Crippen LogP) is 3.34. The van der Waals surface area contributed by atoms with Crippen LogP contribution < -0.4 is 10.1 Å². The maximum Gasteiger partial charge on any atom is 0.262 e. The standard InChI is InChI=1S/C15H11BrN2O2/c16-12-6-2-3-7-13(12)18-15(19)10-20-14-8-4-1-5-11(14)9-17/h1-8H,10H2,(H,18,19). The Labute approximate surface area is 125 Å². The summed E-state index contributed by atoms with van der Waals surface area (Å²) < 4.78 is 6.15. The van der Waals surface area contributed by atoms with Crippen LogP contribution in [0, 0.1) is 11.3 Å². The van der Waals surface area contributed by atoms with Gasteiger partial charge in [0.05, 0.1) is 11.3 Å².